The van der Waals surface area contributed by atoms with Gasteiger partial charge in [-0.25, -0.2) is 4.79 Å². The van der Waals surface area contributed by atoms with Crippen LogP contribution >= 0.6 is 0 Å². The molecular formula is C22H27N3O3. The lowest BCUT2D eigenvalue weighted by Gasteiger charge is -2.54. The van der Waals surface area contributed by atoms with Gasteiger partial charge in [0.1, 0.15) is 0 Å². The van der Waals surface area contributed by atoms with Crippen molar-refractivity contribution in [3.8, 4) is 0 Å². The Balaban J connectivity index is 1.70. The lowest BCUT2D eigenvalue weighted by Crippen LogP contribution is -2.61. The zero-order chi connectivity index (χ0) is 20.1. The number of nitrogens with one attached hydrogen (secondary N) is 1. The topological polar surface area (TPSA) is 82.5 Å². The first-order valence-electron chi connectivity index (χ1n) is 9.59. The van der Waals surface area contributed by atoms with E-state index in [1.165, 1.54) is 0 Å². The quantitative estimate of drug-likeness (QED) is 0.767. The van der Waals surface area contributed by atoms with Crippen LogP contribution < -0.4 is 5.32 Å². The molecule has 2 unspecified atom stereocenters. The van der Waals surface area contributed by atoms with Gasteiger partial charge < -0.3 is 15.3 Å². The Morgan fingerprint density at radius 3 is 2.61 bits per heavy atom. The summed E-state index contributed by atoms with van der Waals surface area (Å²) in [4.78, 5) is 30.0. The molecule has 1 aromatic heterocycles. The van der Waals surface area contributed by atoms with Gasteiger partial charge in [-0.05, 0) is 30.0 Å². The molecule has 148 valence electrons. The summed E-state index contributed by atoms with van der Waals surface area (Å²) in [6.45, 7) is 4.93. The zero-order valence-electron chi connectivity index (χ0n) is 16.3. The summed E-state index contributed by atoms with van der Waals surface area (Å²) >= 11 is 0. The van der Waals surface area contributed by atoms with Gasteiger partial charge in [0, 0.05) is 36.8 Å². The van der Waals surface area contributed by atoms with E-state index in [0.29, 0.717) is 19.4 Å². The van der Waals surface area contributed by atoms with Crippen molar-refractivity contribution in [2.24, 2.45) is 5.41 Å². The summed E-state index contributed by atoms with van der Waals surface area (Å²) in [5.41, 5.74) is 2.06. The summed E-state index contributed by atoms with van der Waals surface area (Å²) in [6, 6.07) is 13.3. The van der Waals surface area contributed by atoms with E-state index in [9.17, 15) is 9.59 Å². The summed E-state index contributed by atoms with van der Waals surface area (Å²) in [6.07, 6.45) is 4.55. The molecule has 2 N–H and O–H groups in total. The normalized spacial score (nSPS) is 18.8. The summed E-state index contributed by atoms with van der Waals surface area (Å²) in [7, 11) is 0. The molecule has 0 radical (unpaired) electrons. The van der Waals surface area contributed by atoms with E-state index in [-0.39, 0.29) is 30.0 Å². The van der Waals surface area contributed by atoms with Crippen molar-refractivity contribution in [1.82, 2.24) is 15.2 Å². The van der Waals surface area contributed by atoms with Crippen molar-refractivity contribution in [3.63, 3.8) is 0 Å². The summed E-state index contributed by atoms with van der Waals surface area (Å²) in [5.74, 6) is -0.856. The average Bonchev–Trinajstić information content (AvgIpc) is 2.66. The van der Waals surface area contributed by atoms with E-state index < -0.39 is 5.97 Å². The number of amides is 2. The van der Waals surface area contributed by atoms with E-state index in [1.54, 1.807) is 12.4 Å². The Morgan fingerprint density at radius 1 is 1.25 bits per heavy atom. The summed E-state index contributed by atoms with van der Waals surface area (Å²) in [5, 5.41) is 12.1. The SMILES string of the molecule is CC1(C)CN(C(=O)NC(CCC(=O)O)Cc2ccccc2)C1c1cccnc1. The van der Waals surface area contributed by atoms with Crippen molar-refractivity contribution in [1.29, 1.82) is 0 Å². The van der Waals surface area contributed by atoms with Crippen LogP contribution in [0.15, 0.2) is 54.9 Å². The number of hydrogen-bond donors (Lipinski definition) is 2. The minimum atomic E-state index is -0.856. The molecule has 28 heavy (non-hydrogen) atoms. The Labute approximate surface area is 165 Å². The Bertz CT molecular complexity index is 808. The maximum Gasteiger partial charge on any atom is 0.318 e. The lowest BCUT2D eigenvalue weighted by atomic mass is 9.72. The first-order chi connectivity index (χ1) is 13.4. The van der Waals surface area contributed by atoms with Crippen LogP contribution in [0.5, 0.6) is 0 Å². The molecule has 1 fully saturated rings. The number of pyridine rings is 1. The molecule has 2 aromatic rings. The number of carbonyl (C=O) groups excluding carboxylic acids is 1. The molecule has 0 saturated carbocycles. The highest BCUT2D eigenvalue weighted by Gasteiger charge is 2.49. The van der Waals surface area contributed by atoms with Gasteiger partial charge >= 0.3 is 12.0 Å². The smallest absolute Gasteiger partial charge is 0.318 e. The van der Waals surface area contributed by atoms with Crippen LogP contribution in [0.3, 0.4) is 0 Å². The number of aromatic nitrogens is 1. The molecule has 1 aliphatic heterocycles. The van der Waals surface area contributed by atoms with Crippen LogP contribution in [0.2, 0.25) is 0 Å². The Kier molecular flexibility index (Phi) is 5.97. The lowest BCUT2D eigenvalue weighted by molar-refractivity contribution is -0.137. The number of urea groups is 1. The largest absolute Gasteiger partial charge is 0.481 e. The van der Waals surface area contributed by atoms with Gasteiger partial charge in [0.2, 0.25) is 0 Å². The van der Waals surface area contributed by atoms with Crippen LogP contribution in [0, 0.1) is 5.41 Å². The fourth-order valence-electron chi connectivity index (χ4n) is 3.96. The number of carboxylic acids is 1. The third-order valence-electron chi connectivity index (χ3n) is 5.25. The molecule has 2 heterocycles. The van der Waals surface area contributed by atoms with Crippen molar-refractivity contribution in [3.05, 3.63) is 66.0 Å². The van der Waals surface area contributed by atoms with Gasteiger partial charge in [0.15, 0.2) is 0 Å². The van der Waals surface area contributed by atoms with E-state index in [1.807, 2.05) is 47.4 Å². The van der Waals surface area contributed by atoms with Crippen LogP contribution in [0.25, 0.3) is 0 Å². The van der Waals surface area contributed by atoms with Crippen molar-refractivity contribution < 1.29 is 14.7 Å². The molecule has 6 nitrogen and oxygen atoms in total. The maximum absolute atomic E-state index is 13.0. The highest BCUT2D eigenvalue weighted by atomic mass is 16.4. The number of likely N-dealkylation sites (tertiary alicyclic amines) is 1. The number of hydrogen-bond acceptors (Lipinski definition) is 3. The first kappa shape index (κ1) is 19.9. The monoisotopic (exact) mass is 381 g/mol. The van der Waals surface area contributed by atoms with E-state index in [4.69, 9.17) is 5.11 Å². The third kappa shape index (κ3) is 4.68. The molecule has 6 heteroatoms. The second-order valence-electron chi connectivity index (χ2n) is 8.07. The van der Waals surface area contributed by atoms with Gasteiger partial charge in [-0.2, -0.15) is 0 Å². The van der Waals surface area contributed by atoms with Crippen LogP contribution in [0.4, 0.5) is 4.79 Å². The molecule has 1 aliphatic rings. The number of rotatable bonds is 7. The standard InChI is InChI=1S/C22H27N3O3/c1-22(2)15-25(20(22)17-9-6-12-23-14-17)21(28)24-18(10-11-19(26)27)13-16-7-4-3-5-8-16/h3-9,12,14,18,20H,10-11,13,15H2,1-2H3,(H,24,28)(H,26,27). The van der Waals surface area contributed by atoms with Crippen LogP contribution in [-0.4, -0.2) is 39.6 Å². The molecule has 2 atom stereocenters. The second-order valence-corrected chi connectivity index (χ2v) is 8.07. The number of benzene rings is 1. The van der Waals surface area contributed by atoms with Gasteiger partial charge in [-0.1, -0.05) is 50.2 Å². The Hall–Kier alpha value is -2.89. The van der Waals surface area contributed by atoms with Crippen molar-refractivity contribution in [2.45, 2.75) is 45.2 Å². The predicted molar refractivity (Wildman–Crippen MR) is 107 cm³/mol. The first-order valence-corrected chi connectivity index (χ1v) is 9.59. The molecule has 0 bridgehead atoms. The average molecular weight is 381 g/mol. The van der Waals surface area contributed by atoms with E-state index >= 15 is 0 Å². The van der Waals surface area contributed by atoms with E-state index in [2.05, 4.69) is 24.1 Å². The molecule has 0 aliphatic carbocycles. The molecule has 1 aromatic carbocycles. The summed E-state index contributed by atoms with van der Waals surface area (Å²) < 4.78 is 0. The highest BCUT2D eigenvalue weighted by Crippen LogP contribution is 2.48. The van der Waals surface area contributed by atoms with Crippen LogP contribution in [-0.2, 0) is 11.2 Å². The van der Waals surface area contributed by atoms with Crippen LogP contribution in [0.1, 0.15) is 43.9 Å². The number of carbonyl (C=O) groups is 2. The van der Waals surface area contributed by atoms with Crippen molar-refractivity contribution in [2.75, 3.05) is 6.54 Å². The molecular weight excluding hydrogens is 354 g/mol. The van der Waals surface area contributed by atoms with Gasteiger partial charge in [0.25, 0.3) is 0 Å². The minimum absolute atomic E-state index is 0.0231. The number of aliphatic carboxylic acids is 1. The fourth-order valence-corrected chi connectivity index (χ4v) is 3.96. The molecule has 3 rings (SSSR count). The number of carboxylic acid groups (broad SMARTS) is 1. The van der Waals surface area contributed by atoms with Crippen molar-refractivity contribution >= 4 is 12.0 Å². The fraction of sp³-hybridized carbons (Fsp3) is 0.409. The molecule has 2 amide bonds. The van der Waals surface area contributed by atoms with Gasteiger partial charge in [0.05, 0.1) is 6.04 Å². The Morgan fingerprint density at radius 2 is 2.00 bits per heavy atom. The number of nitrogens with zero attached hydrogens (tertiary/aromatic N) is 2. The second kappa shape index (κ2) is 8.42. The molecule has 1 saturated heterocycles. The van der Waals surface area contributed by atoms with E-state index in [0.717, 1.165) is 11.1 Å². The van der Waals surface area contributed by atoms with Gasteiger partial charge in [-0.3, -0.25) is 9.78 Å². The highest BCUT2D eigenvalue weighted by molar-refractivity contribution is 5.76. The predicted octanol–water partition coefficient (Wildman–Crippen LogP) is 3.65. The minimum Gasteiger partial charge on any atom is -0.481 e. The third-order valence-corrected chi connectivity index (χ3v) is 5.25. The molecule has 0 spiro atoms. The van der Waals surface area contributed by atoms with Gasteiger partial charge in [-0.15, -0.1) is 0 Å². The zero-order valence-corrected chi connectivity index (χ0v) is 16.3. The maximum atomic E-state index is 13.0.